The SMILES string of the molecule is Cn1c(-c2ccc3c(c2)CCCS3)cnc1CN. The smallest absolute Gasteiger partial charge is 0.122 e. The first-order chi connectivity index (χ1) is 8.79. The Bertz CT molecular complexity index is 574. The van der Waals surface area contributed by atoms with Crippen molar-refractivity contribution in [2.24, 2.45) is 12.8 Å². The predicted octanol–water partition coefficient (Wildman–Crippen LogP) is 2.58. The Morgan fingerprint density at radius 3 is 3.11 bits per heavy atom. The van der Waals surface area contributed by atoms with Gasteiger partial charge in [-0.3, -0.25) is 0 Å². The van der Waals surface area contributed by atoms with Gasteiger partial charge >= 0.3 is 0 Å². The fourth-order valence-corrected chi connectivity index (χ4v) is 3.44. The molecule has 1 aromatic heterocycles. The minimum atomic E-state index is 0.483. The van der Waals surface area contributed by atoms with E-state index >= 15 is 0 Å². The predicted molar refractivity (Wildman–Crippen MR) is 75.6 cm³/mol. The lowest BCUT2D eigenvalue weighted by molar-refractivity contribution is 0.798. The molecule has 0 radical (unpaired) electrons. The van der Waals surface area contributed by atoms with Gasteiger partial charge in [-0.15, -0.1) is 11.8 Å². The average molecular weight is 259 g/mol. The summed E-state index contributed by atoms with van der Waals surface area (Å²) in [4.78, 5) is 5.79. The van der Waals surface area contributed by atoms with E-state index in [1.807, 2.05) is 25.0 Å². The van der Waals surface area contributed by atoms with Crippen LogP contribution in [0.15, 0.2) is 29.3 Å². The van der Waals surface area contributed by atoms with Gasteiger partial charge in [-0.1, -0.05) is 6.07 Å². The summed E-state index contributed by atoms with van der Waals surface area (Å²) >= 11 is 1.96. The highest BCUT2D eigenvalue weighted by atomic mass is 32.2. The highest BCUT2D eigenvalue weighted by Crippen LogP contribution is 2.33. The minimum absolute atomic E-state index is 0.483. The van der Waals surface area contributed by atoms with Crippen molar-refractivity contribution in [1.82, 2.24) is 9.55 Å². The molecule has 3 rings (SSSR count). The van der Waals surface area contributed by atoms with Gasteiger partial charge in [0, 0.05) is 17.5 Å². The summed E-state index contributed by atoms with van der Waals surface area (Å²) in [6.07, 6.45) is 4.39. The highest BCUT2D eigenvalue weighted by Gasteiger charge is 2.13. The van der Waals surface area contributed by atoms with Crippen LogP contribution in [0, 0.1) is 0 Å². The first-order valence-corrected chi connectivity index (χ1v) is 7.25. The Balaban J connectivity index is 2.03. The summed E-state index contributed by atoms with van der Waals surface area (Å²) in [6.45, 7) is 0.483. The first kappa shape index (κ1) is 11.8. The second kappa shape index (κ2) is 4.78. The first-order valence-electron chi connectivity index (χ1n) is 6.26. The maximum atomic E-state index is 5.67. The Hall–Kier alpha value is -1.26. The van der Waals surface area contributed by atoms with Gasteiger partial charge in [0.05, 0.1) is 18.4 Å². The molecule has 2 heterocycles. The lowest BCUT2D eigenvalue weighted by Crippen LogP contribution is -2.05. The molecule has 18 heavy (non-hydrogen) atoms. The summed E-state index contributed by atoms with van der Waals surface area (Å²) in [5.41, 5.74) is 9.53. The number of fused-ring (bicyclic) bond motifs is 1. The summed E-state index contributed by atoms with van der Waals surface area (Å²) in [7, 11) is 2.03. The third-order valence-corrected chi connectivity index (χ3v) is 4.67. The number of hydrogen-bond donors (Lipinski definition) is 1. The Morgan fingerprint density at radius 1 is 1.44 bits per heavy atom. The lowest BCUT2D eigenvalue weighted by atomic mass is 10.0. The van der Waals surface area contributed by atoms with E-state index < -0.39 is 0 Å². The molecule has 1 aliphatic rings. The number of thioether (sulfide) groups is 1. The molecule has 3 nitrogen and oxygen atoms in total. The lowest BCUT2D eigenvalue weighted by Gasteiger charge is -2.16. The third kappa shape index (κ3) is 1.95. The molecule has 0 amide bonds. The quantitative estimate of drug-likeness (QED) is 0.901. The molecule has 1 aromatic carbocycles. The zero-order chi connectivity index (χ0) is 12.5. The maximum absolute atomic E-state index is 5.67. The van der Waals surface area contributed by atoms with Crippen molar-refractivity contribution in [3.63, 3.8) is 0 Å². The van der Waals surface area contributed by atoms with E-state index in [0.29, 0.717) is 6.54 Å². The zero-order valence-electron chi connectivity index (χ0n) is 10.5. The fraction of sp³-hybridized carbons (Fsp3) is 0.357. The fourth-order valence-electron chi connectivity index (χ4n) is 2.43. The average Bonchev–Trinajstić information content (AvgIpc) is 2.79. The molecule has 2 aromatic rings. The molecule has 94 valence electrons. The summed E-state index contributed by atoms with van der Waals surface area (Å²) in [5.74, 6) is 2.17. The standard InChI is InChI=1S/C14H17N3S/c1-17-12(9-16-14(17)8-15)10-4-5-13-11(7-10)3-2-6-18-13/h4-5,7,9H,2-3,6,8,15H2,1H3. The number of hydrogen-bond acceptors (Lipinski definition) is 3. The molecule has 1 aliphatic heterocycles. The maximum Gasteiger partial charge on any atom is 0.122 e. The van der Waals surface area contributed by atoms with Crippen molar-refractivity contribution in [3.8, 4) is 11.3 Å². The van der Waals surface area contributed by atoms with Crippen LogP contribution in [-0.4, -0.2) is 15.3 Å². The van der Waals surface area contributed by atoms with Gasteiger partial charge in [0.15, 0.2) is 0 Å². The van der Waals surface area contributed by atoms with E-state index in [0.717, 1.165) is 11.5 Å². The number of rotatable bonds is 2. The molecule has 0 unspecified atom stereocenters. The number of nitrogens with zero attached hydrogens (tertiary/aromatic N) is 2. The highest BCUT2D eigenvalue weighted by molar-refractivity contribution is 7.99. The van der Waals surface area contributed by atoms with E-state index in [4.69, 9.17) is 5.73 Å². The molecule has 2 N–H and O–H groups in total. The van der Waals surface area contributed by atoms with Crippen LogP contribution in [0.2, 0.25) is 0 Å². The molecular formula is C14H17N3S. The summed E-state index contributed by atoms with van der Waals surface area (Å²) < 4.78 is 2.08. The van der Waals surface area contributed by atoms with Gasteiger partial charge in [0.25, 0.3) is 0 Å². The molecule has 0 saturated carbocycles. The van der Waals surface area contributed by atoms with E-state index in [-0.39, 0.29) is 0 Å². The second-order valence-corrected chi connectivity index (χ2v) is 5.73. The minimum Gasteiger partial charge on any atom is -0.330 e. The molecule has 0 bridgehead atoms. The van der Waals surface area contributed by atoms with Crippen molar-refractivity contribution in [1.29, 1.82) is 0 Å². The Morgan fingerprint density at radius 2 is 2.33 bits per heavy atom. The normalized spacial score (nSPS) is 14.6. The van der Waals surface area contributed by atoms with E-state index in [2.05, 4.69) is 27.8 Å². The molecule has 0 aliphatic carbocycles. The molecule has 0 spiro atoms. The topological polar surface area (TPSA) is 43.8 Å². The van der Waals surface area contributed by atoms with Crippen LogP contribution < -0.4 is 5.73 Å². The monoisotopic (exact) mass is 259 g/mol. The number of imidazole rings is 1. The summed E-state index contributed by atoms with van der Waals surface area (Å²) in [5, 5.41) is 0. The van der Waals surface area contributed by atoms with E-state index in [1.54, 1.807) is 0 Å². The number of benzene rings is 1. The van der Waals surface area contributed by atoms with Gasteiger partial charge in [-0.05, 0) is 36.3 Å². The van der Waals surface area contributed by atoms with Gasteiger partial charge in [0.2, 0.25) is 0 Å². The third-order valence-electron chi connectivity index (χ3n) is 3.47. The van der Waals surface area contributed by atoms with Crippen LogP contribution in [0.5, 0.6) is 0 Å². The molecule has 4 heteroatoms. The van der Waals surface area contributed by atoms with Crippen LogP contribution in [0.25, 0.3) is 11.3 Å². The zero-order valence-corrected chi connectivity index (χ0v) is 11.3. The van der Waals surface area contributed by atoms with Crippen LogP contribution in [0.4, 0.5) is 0 Å². The van der Waals surface area contributed by atoms with E-state index in [1.165, 1.54) is 34.6 Å². The second-order valence-electron chi connectivity index (χ2n) is 4.60. The number of aromatic nitrogens is 2. The van der Waals surface area contributed by atoms with Crippen LogP contribution in [-0.2, 0) is 20.0 Å². The van der Waals surface area contributed by atoms with Crippen molar-refractivity contribution in [2.75, 3.05) is 5.75 Å². The van der Waals surface area contributed by atoms with Gasteiger partial charge in [0.1, 0.15) is 5.82 Å². The van der Waals surface area contributed by atoms with Crippen molar-refractivity contribution in [3.05, 3.63) is 35.8 Å². The van der Waals surface area contributed by atoms with Crippen molar-refractivity contribution < 1.29 is 0 Å². The Labute approximate surface area is 111 Å². The largest absolute Gasteiger partial charge is 0.330 e. The van der Waals surface area contributed by atoms with Gasteiger partial charge in [-0.2, -0.15) is 0 Å². The van der Waals surface area contributed by atoms with E-state index in [9.17, 15) is 0 Å². The number of aryl methyl sites for hydroxylation is 1. The van der Waals surface area contributed by atoms with Crippen molar-refractivity contribution >= 4 is 11.8 Å². The Kier molecular flexibility index (Phi) is 3.14. The molecule has 0 fully saturated rings. The molecule has 0 saturated heterocycles. The number of nitrogens with two attached hydrogens (primary N) is 1. The molecule has 0 atom stereocenters. The van der Waals surface area contributed by atoms with Gasteiger partial charge < -0.3 is 10.3 Å². The summed E-state index contributed by atoms with van der Waals surface area (Å²) in [6, 6.07) is 6.73. The molecular weight excluding hydrogens is 242 g/mol. The van der Waals surface area contributed by atoms with Crippen LogP contribution in [0.1, 0.15) is 17.8 Å². The van der Waals surface area contributed by atoms with Gasteiger partial charge in [-0.25, -0.2) is 4.98 Å². The van der Waals surface area contributed by atoms with Crippen LogP contribution >= 0.6 is 11.8 Å². The van der Waals surface area contributed by atoms with Crippen molar-refractivity contribution in [2.45, 2.75) is 24.3 Å². The van der Waals surface area contributed by atoms with Crippen LogP contribution in [0.3, 0.4) is 0 Å².